The molecule has 1 fully saturated rings. The van der Waals surface area contributed by atoms with Gasteiger partial charge in [-0.05, 0) is 25.0 Å². The number of carbonyl (C=O) groups excluding carboxylic acids is 1. The molecular weight excluding hydrogens is 279 g/mol. The van der Waals surface area contributed by atoms with Crippen LogP contribution >= 0.6 is 11.8 Å². The van der Waals surface area contributed by atoms with Gasteiger partial charge < -0.3 is 4.42 Å². The molecule has 1 atom stereocenters. The van der Waals surface area contributed by atoms with Gasteiger partial charge in [0.15, 0.2) is 0 Å². The van der Waals surface area contributed by atoms with Crippen molar-refractivity contribution in [3.8, 4) is 11.5 Å². The summed E-state index contributed by atoms with van der Waals surface area (Å²) in [4.78, 5) is 11.8. The lowest BCUT2D eigenvalue weighted by Crippen LogP contribution is -2.21. The Bertz CT molecular complexity index is 629. The van der Waals surface area contributed by atoms with Crippen LogP contribution in [0.1, 0.15) is 25.7 Å². The molecule has 0 saturated heterocycles. The maximum absolute atomic E-state index is 13.6. The van der Waals surface area contributed by atoms with Crippen LogP contribution in [0.15, 0.2) is 33.9 Å². The maximum Gasteiger partial charge on any atom is 0.277 e. The molecular formula is C14H13FN2O2S. The summed E-state index contributed by atoms with van der Waals surface area (Å²) in [5, 5.41) is 7.95. The maximum atomic E-state index is 13.6. The summed E-state index contributed by atoms with van der Waals surface area (Å²) in [7, 11) is 0. The Hall–Kier alpha value is -1.69. The molecule has 0 spiro atoms. The van der Waals surface area contributed by atoms with Gasteiger partial charge in [0.1, 0.15) is 11.6 Å². The third kappa shape index (κ3) is 2.75. The first-order valence-electron chi connectivity index (χ1n) is 6.52. The van der Waals surface area contributed by atoms with Gasteiger partial charge >= 0.3 is 0 Å². The topological polar surface area (TPSA) is 56.0 Å². The lowest BCUT2D eigenvalue weighted by molar-refractivity contribution is -0.119. The molecule has 104 valence electrons. The van der Waals surface area contributed by atoms with Crippen molar-refractivity contribution in [1.29, 1.82) is 0 Å². The molecule has 0 N–H and O–H groups in total. The minimum atomic E-state index is -0.401. The third-order valence-electron chi connectivity index (χ3n) is 3.25. The van der Waals surface area contributed by atoms with Crippen molar-refractivity contribution in [2.45, 2.75) is 36.2 Å². The molecule has 3 rings (SSSR count). The zero-order valence-electron chi connectivity index (χ0n) is 10.7. The fourth-order valence-electron chi connectivity index (χ4n) is 2.20. The van der Waals surface area contributed by atoms with Crippen LogP contribution in [-0.4, -0.2) is 21.2 Å². The highest BCUT2D eigenvalue weighted by atomic mass is 32.2. The monoisotopic (exact) mass is 292 g/mol. The molecule has 6 heteroatoms. The Morgan fingerprint density at radius 3 is 2.90 bits per heavy atom. The third-order valence-corrected chi connectivity index (χ3v) is 4.40. The number of Topliss-reactive ketones (excluding diaryl/α,β-unsaturated/α-hetero) is 1. The Morgan fingerprint density at radius 1 is 1.25 bits per heavy atom. The summed E-state index contributed by atoms with van der Waals surface area (Å²) in [5.74, 6) is -0.0257. The van der Waals surface area contributed by atoms with Crippen LogP contribution in [0.4, 0.5) is 4.39 Å². The molecule has 0 aliphatic heterocycles. The minimum absolute atomic E-state index is 0.113. The molecule has 1 aromatic heterocycles. The Morgan fingerprint density at radius 2 is 2.10 bits per heavy atom. The summed E-state index contributed by atoms with van der Waals surface area (Å²) >= 11 is 1.28. The van der Waals surface area contributed by atoms with Gasteiger partial charge in [0.05, 0.1) is 10.8 Å². The molecule has 1 aliphatic rings. The first-order chi connectivity index (χ1) is 9.74. The van der Waals surface area contributed by atoms with Gasteiger partial charge in [-0.1, -0.05) is 30.3 Å². The lowest BCUT2D eigenvalue weighted by atomic mass is 9.99. The second-order valence-electron chi connectivity index (χ2n) is 4.67. The van der Waals surface area contributed by atoms with E-state index in [0.29, 0.717) is 11.6 Å². The highest BCUT2D eigenvalue weighted by molar-refractivity contribution is 8.00. The van der Waals surface area contributed by atoms with Crippen LogP contribution in [0.5, 0.6) is 0 Å². The number of thioether (sulfide) groups is 1. The van der Waals surface area contributed by atoms with E-state index in [1.54, 1.807) is 18.2 Å². The average molecular weight is 292 g/mol. The van der Waals surface area contributed by atoms with E-state index in [0.717, 1.165) is 19.3 Å². The smallest absolute Gasteiger partial charge is 0.277 e. The fourth-order valence-corrected chi connectivity index (χ4v) is 3.19. The lowest BCUT2D eigenvalue weighted by Gasteiger charge is -2.17. The SMILES string of the molecule is O=C1CCCC[C@@H]1Sc1nnc(-c2ccccc2F)o1. The molecule has 4 nitrogen and oxygen atoms in total. The quantitative estimate of drug-likeness (QED) is 0.867. The minimum Gasteiger partial charge on any atom is -0.411 e. The summed E-state index contributed by atoms with van der Waals surface area (Å²) in [6.07, 6.45) is 3.45. The van der Waals surface area contributed by atoms with Crippen LogP contribution in [-0.2, 0) is 4.79 Å². The van der Waals surface area contributed by atoms with Crippen LogP contribution in [0.2, 0.25) is 0 Å². The second-order valence-corrected chi connectivity index (χ2v) is 5.83. The van der Waals surface area contributed by atoms with Crippen molar-refractivity contribution < 1.29 is 13.6 Å². The van der Waals surface area contributed by atoms with E-state index in [4.69, 9.17) is 4.42 Å². The molecule has 1 saturated carbocycles. The number of hydrogen-bond donors (Lipinski definition) is 0. The number of aromatic nitrogens is 2. The highest BCUT2D eigenvalue weighted by Gasteiger charge is 2.25. The van der Waals surface area contributed by atoms with Gasteiger partial charge in [0, 0.05) is 6.42 Å². The van der Waals surface area contributed by atoms with E-state index in [2.05, 4.69) is 10.2 Å². The summed E-state index contributed by atoms with van der Waals surface area (Å²) in [6, 6.07) is 6.24. The van der Waals surface area contributed by atoms with E-state index in [-0.39, 0.29) is 22.5 Å². The second kappa shape index (κ2) is 5.75. The van der Waals surface area contributed by atoms with E-state index in [1.807, 2.05) is 0 Å². The van der Waals surface area contributed by atoms with Crippen molar-refractivity contribution in [2.75, 3.05) is 0 Å². The number of benzene rings is 1. The van der Waals surface area contributed by atoms with E-state index in [9.17, 15) is 9.18 Å². The number of hydrogen-bond acceptors (Lipinski definition) is 5. The predicted octanol–water partition coefficient (Wildman–Crippen LogP) is 3.48. The van der Waals surface area contributed by atoms with Gasteiger partial charge in [-0.2, -0.15) is 0 Å². The first kappa shape index (κ1) is 13.3. The van der Waals surface area contributed by atoms with Crippen molar-refractivity contribution in [3.63, 3.8) is 0 Å². The molecule has 1 aromatic carbocycles. The molecule has 0 amide bonds. The predicted molar refractivity (Wildman–Crippen MR) is 72.8 cm³/mol. The van der Waals surface area contributed by atoms with E-state index < -0.39 is 5.82 Å². The van der Waals surface area contributed by atoms with Gasteiger partial charge in [-0.3, -0.25) is 4.79 Å². The molecule has 0 bridgehead atoms. The summed E-state index contributed by atoms with van der Waals surface area (Å²) < 4.78 is 19.1. The molecule has 2 aromatic rings. The molecule has 0 unspecified atom stereocenters. The summed E-state index contributed by atoms with van der Waals surface area (Å²) in [5.41, 5.74) is 0.279. The van der Waals surface area contributed by atoms with Gasteiger partial charge in [0.25, 0.3) is 11.1 Å². The first-order valence-corrected chi connectivity index (χ1v) is 7.40. The van der Waals surface area contributed by atoms with Crippen molar-refractivity contribution >= 4 is 17.5 Å². The van der Waals surface area contributed by atoms with E-state index >= 15 is 0 Å². The number of halogens is 1. The molecule has 1 heterocycles. The van der Waals surface area contributed by atoms with Crippen LogP contribution in [0.3, 0.4) is 0 Å². The zero-order valence-corrected chi connectivity index (χ0v) is 11.5. The number of nitrogens with zero attached hydrogens (tertiary/aromatic N) is 2. The molecule has 20 heavy (non-hydrogen) atoms. The number of ketones is 1. The Balaban J connectivity index is 1.77. The molecule has 0 radical (unpaired) electrons. The van der Waals surface area contributed by atoms with Crippen LogP contribution in [0, 0.1) is 5.82 Å². The van der Waals surface area contributed by atoms with Crippen LogP contribution < -0.4 is 0 Å². The largest absolute Gasteiger partial charge is 0.411 e. The zero-order chi connectivity index (χ0) is 13.9. The van der Waals surface area contributed by atoms with Crippen molar-refractivity contribution in [3.05, 3.63) is 30.1 Å². The summed E-state index contributed by atoms with van der Waals surface area (Å²) in [6.45, 7) is 0. The van der Waals surface area contributed by atoms with Crippen molar-refractivity contribution in [1.82, 2.24) is 10.2 Å². The van der Waals surface area contributed by atoms with Gasteiger partial charge in [-0.25, -0.2) is 4.39 Å². The van der Waals surface area contributed by atoms with Gasteiger partial charge in [-0.15, -0.1) is 10.2 Å². The fraction of sp³-hybridized carbons (Fsp3) is 0.357. The average Bonchev–Trinajstić information content (AvgIpc) is 2.90. The Kier molecular flexibility index (Phi) is 3.82. The Labute approximate surface area is 119 Å². The number of carbonyl (C=O) groups is 1. The van der Waals surface area contributed by atoms with Crippen LogP contribution in [0.25, 0.3) is 11.5 Å². The van der Waals surface area contributed by atoms with Crippen molar-refractivity contribution in [2.24, 2.45) is 0 Å². The van der Waals surface area contributed by atoms with Gasteiger partial charge in [0.2, 0.25) is 0 Å². The van der Waals surface area contributed by atoms with E-state index in [1.165, 1.54) is 17.8 Å². The molecule has 1 aliphatic carbocycles. The normalized spacial score (nSPS) is 19.2. The number of rotatable bonds is 3. The standard InChI is InChI=1S/C14H13FN2O2S/c15-10-6-2-1-5-9(10)13-16-17-14(19-13)20-12-8-4-3-7-11(12)18/h1-2,5-6,12H,3-4,7-8H2/t12-/m0/s1. The highest BCUT2D eigenvalue weighted by Crippen LogP contribution is 2.32.